The lowest BCUT2D eigenvalue weighted by Gasteiger charge is -2.34. The third-order valence-electron chi connectivity index (χ3n) is 3.04. The molecule has 92 valence electrons. The molecule has 0 fully saturated rings. The Morgan fingerprint density at radius 1 is 1.65 bits per heavy atom. The number of ether oxygens (including phenoxy) is 1. The van der Waals surface area contributed by atoms with E-state index in [1.807, 2.05) is 0 Å². The highest BCUT2D eigenvalue weighted by Crippen LogP contribution is 2.44. The molecule has 0 radical (unpaired) electrons. The van der Waals surface area contributed by atoms with Crippen molar-refractivity contribution in [1.29, 1.82) is 0 Å². The van der Waals surface area contributed by atoms with Gasteiger partial charge in [-0.2, -0.15) is 0 Å². The molecule has 1 aliphatic carbocycles. The quantitative estimate of drug-likeness (QED) is 0.807. The van der Waals surface area contributed by atoms with E-state index < -0.39 is 17.8 Å². The normalized spacial score (nSPS) is 25.5. The molecule has 1 heterocycles. The van der Waals surface area contributed by atoms with Gasteiger partial charge in [0, 0.05) is 12.7 Å². The minimum atomic E-state index is -2.14. The van der Waals surface area contributed by atoms with E-state index in [4.69, 9.17) is 0 Å². The van der Waals surface area contributed by atoms with Crippen molar-refractivity contribution in [2.75, 3.05) is 7.11 Å². The van der Waals surface area contributed by atoms with Gasteiger partial charge in [-0.05, 0) is 24.5 Å². The average Bonchev–Trinajstić information content (AvgIpc) is 2.33. The number of methoxy groups -OCH3 is 1. The number of nitrogens with zero attached hydrogens (tertiary/aromatic N) is 1. The Morgan fingerprint density at radius 2 is 2.35 bits per heavy atom. The highest BCUT2D eigenvalue weighted by atomic mass is 19.1. The summed E-state index contributed by atoms with van der Waals surface area (Å²) in [6.45, 7) is 3.76. The highest BCUT2D eigenvalue weighted by Gasteiger charge is 2.45. The van der Waals surface area contributed by atoms with Gasteiger partial charge in [-0.15, -0.1) is 0 Å². The van der Waals surface area contributed by atoms with Crippen molar-refractivity contribution in [3.8, 4) is 0 Å². The van der Waals surface area contributed by atoms with Crippen molar-refractivity contribution in [1.82, 2.24) is 4.98 Å². The second kappa shape index (κ2) is 4.16. The van der Waals surface area contributed by atoms with E-state index in [0.717, 1.165) is 12.3 Å². The standard InChI is InChI=1S/C12H13F2NO2/c1-7-3-4-12(14,11(16)17-2)9-5-8(13)6-15-10(7)9/h5-6,11,16H,1,3-4H2,2H3. The molecule has 0 saturated carbocycles. The van der Waals surface area contributed by atoms with Gasteiger partial charge in [-0.25, -0.2) is 8.78 Å². The Kier molecular flexibility index (Phi) is 2.97. The van der Waals surface area contributed by atoms with Gasteiger partial charge < -0.3 is 9.84 Å². The molecule has 0 spiro atoms. The Balaban J connectivity index is 2.58. The van der Waals surface area contributed by atoms with Crippen LogP contribution < -0.4 is 0 Å². The lowest BCUT2D eigenvalue weighted by Crippen LogP contribution is -2.39. The first-order valence-electron chi connectivity index (χ1n) is 5.23. The molecule has 0 saturated heterocycles. The van der Waals surface area contributed by atoms with Crippen LogP contribution in [-0.2, 0) is 10.4 Å². The van der Waals surface area contributed by atoms with Crippen LogP contribution in [0.5, 0.6) is 0 Å². The van der Waals surface area contributed by atoms with E-state index in [1.54, 1.807) is 0 Å². The minimum Gasteiger partial charge on any atom is -0.365 e. The summed E-state index contributed by atoms with van der Waals surface area (Å²) in [5, 5.41) is 9.59. The van der Waals surface area contributed by atoms with E-state index in [9.17, 15) is 13.9 Å². The summed E-state index contributed by atoms with van der Waals surface area (Å²) in [7, 11) is 1.20. The van der Waals surface area contributed by atoms with Crippen LogP contribution in [0.2, 0.25) is 0 Å². The van der Waals surface area contributed by atoms with Gasteiger partial charge in [0.1, 0.15) is 5.82 Å². The smallest absolute Gasteiger partial charge is 0.193 e. The molecule has 0 amide bonds. The van der Waals surface area contributed by atoms with Crippen molar-refractivity contribution in [3.63, 3.8) is 0 Å². The number of halogens is 2. The molecular weight excluding hydrogens is 228 g/mol. The van der Waals surface area contributed by atoms with Crippen LogP contribution in [0.15, 0.2) is 18.8 Å². The predicted octanol–water partition coefficient (Wildman–Crippen LogP) is 2.16. The van der Waals surface area contributed by atoms with Gasteiger partial charge in [0.05, 0.1) is 11.9 Å². The summed E-state index contributed by atoms with van der Waals surface area (Å²) in [4.78, 5) is 3.83. The zero-order chi connectivity index (χ0) is 12.6. The fourth-order valence-corrected chi connectivity index (χ4v) is 2.07. The zero-order valence-corrected chi connectivity index (χ0v) is 9.41. The maximum atomic E-state index is 14.7. The van der Waals surface area contributed by atoms with Crippen LogP contribution in [-0.4, -0.2) is 23.5 Å². The molecule has 3 nitrogen and oxygen atoms in total. The van der Waals surface area contributed by atoms with Crippen molar-refractivity contribution >= 4 is 5.57 Å². The SMILES string of the molecule is C=C1CCC(F)(C(O)OC)c2cc(F)cnc21. The van der Waals surface area contributed by atoms with Gasteiger partial charge in [0.25, 0.3) is 0 Å². The maximum Gasteiger partial charge on any atom is 0.193 e. The Labute approximate surface area is 97.7 Å². The fourth-order valence-electron chi connectivity index (χ4n) is 2.07. The molecule has 1 aromatic rings. The number of alkyl halides is 1. The predicted molar refractivity (Wildman–Crippen MR) is 58.3 cm³/mol. The van der Waals surface area contributed by atoms with Gasteiger partial charge in [0.15, 0.2) is 12.0 Å². The molecule has 2 atom stereocenters. The van der Waals surface area contributed by atoms with Gasteiger partial charge >= 0.3 is 0 Å². The first kappa shape index (κ1) is 12.1. The topological polar surface area (TPSA) is 42.4 Å². The van der Waals surface area contributed by atoms with Gasteiger partial charge in [-0.3, -0.25) is 4.98 Å². The van der Waals surface area contributed by atoms with E-state index in [1.165, 1.54) is 7.11 Å². The molecule has 2 rings (SSSR count). The second-order valence-electron chi connectivity index (χ2n) is 4.10. The number of hydrogen-bond acceptors (Lipinski definition) is 3. The molecule has 17 heavy (non-hydrogen) atoms. The third kappa shape index (κ3) is 1.85. The van der Waals surface area contributed by atoms with Crippen molar-refractivity contribution in [3.05, 3.63) is 35.9 Å². The second-order valence-corrected chi connectivity index (χ2v) is 4.10. The summed E-state index contributed by atoms with van der Waals surface area (Å²) in [6, 6.07) is 1.04. The van der Waals surface area contributed by atoms with Crippen LogP contribution in [0, 0.1) is 5.82 Å². The number of allylic oxidation sites excluding steroid dienone is 1. The first-order chi connectivity index (χ1) is 7.99. The van der Waals surface area contributed by atoms with Gasteiger partial charge in [-0.1, -0.05) is 6.58 Å². The zero-order valence-electron chi connectivity index (χ0n) is 9.41. The monoisotopic (exact) mass is 241 g/mol. The molecule has 0 aliphatic heterocycles. The van der Waals surface area contributed by atoms with E-state index in [-0.39, 0.29) is 12.0 Å². The number of hydrogen-bond donors (Lipinski definition) is 1. The molecule has 0 aromatic carbocycles. The summed E-state index contributed by atoms with van der Waals surface area (Å²) in [6.07, 6.45) is -0.283. The van der Waals surface area contributed by atoms with Gasteiger partial charge in [0.2, 0.25) is 0 Å². The number of rotatable bonds is 2. The molecule has 1 N–H and O–H groups in total. The largest absolute Gasteiger partial charge is 0.365 e. The van der Waals surface area contributed by atoms with E-state index in [0.29, 0.717) is 17.7 Å². The highest BCUT2D eigenvalue weighted by molar-refractivity contribution is 5.66. The number of fused-ring (bicyclic) bond motifs is 1. The Hall–Kier alpha value is -1.33. The van der Waals surface area contributed by atoms with Crippen molar-refractivity contribution in [2.24, 2.45) is 0 Å². The van der Waals surface area contributed by atoms with Crippen LogP contribution in [0.3, 0.4) is 0 Å². The van der Waals surface area contributed by atoms with Crippen LogP contribution in [0.25, 0.3) is 5.57 Å². The molecule has 1 aromatic heterocycles. The number of aliphatic hydroxyl groups is 1. The summed E-state index contributed by atoms with van der Waals surface area (Å²) < 4.78 is 32.5. The Morgan fingerprint density at radius 3 is 3.00 bits per heavy atom. The van der Waals surface area contributed by atoms with Crippen molar-refractivity contribution in [2.45, 2.75) is 24.8 Å². The van der Waals surface area contributed by atoms with Crippen LogP contribution in [0.4, 0.5) is 8.78 Å². The number of pyridine rings is 1. The average molecular weight is 241 g/mol. The first-order valence-corrected chi connectivity index (χ1v) is 5.23. The summed E-state index contributed by atoms with van der Waals surface area (Å²) in [5.74, 6) is -0.649. The minimum absolute atomic E-state index is 0.00102. The third-order valence-corrected chi connectivity index (χ3v) is 3.04. The lowest BCUT2D eigenvalue weighted by atomic mass is 9.80. The van der Waals surface area contributed by atoms with Crippen LogP contribution in [0.1, 0.15) is 24.1 Å². The van der Waals surface area contributed by atoms with E-state index >= 15 is 0 Å². The molecule has 2 unspecified atom stereocenters. The number of aliphatic hydroxyl groups excluding tert-OH is 1. The van der Waals surface area contributed by atoms with Crippen LogP contribution >= 0.6 is 0 Å². The summed E-state index contributed by atoms with van der Waals surface area (Å²) >= 11 is 0. The fraction of sp³-hybridized carbons (Fsp3) is 0.417. The number of aromatic nitrogens is 1. The molecule has 5 heteroatoms. The summed E-state index contributed by atoms with van der Waals surface area (Å²) in [5.41, 5.74) is -1.20. The molecule has 0 bridgehead atoms. The molecule has 1 aliphatic rings. The molecular formula is C12H13F2NO2. The Bertz CT molecular complexity index is 464. The van der Waals surface area contributed by atoms with E-state index in [2.05, 4.69) is 16.3 Å². The van der Waals surface area contributed by atoms with Crippen molar-refractivity contribution < 1.29 is 18.6 Å². The lowest BCUT2D eigenvalue weighted by molar-refractivity contribution is -0.175. The maximum absolute atomic E-state index is 14.7.